The zero-order valence-corrected chi connectivity index (χ0v) is 14.4. The van der Waals surface area contributed by atoms with Crippen LogP contribution in [-0.2, 0) is 10.0 Å². The summed E-state index contributed by atoms with van der Waals surface area (Å²) in [5, 5.41) is 0. The van der Waals surface area contributed by atoms with Crippen molar-refractivity contribution in [2.45, 2.75) is 37.1 Å². The van der Waals surface area contributed by atoms with Gasteiger partial charge in [-0.25, -0.2) is 17.5 Å². The number of hydrogen-bond acceptors (Lipinski definition) is 3. The number of nitrogens with zero attached hydrogens (tertiary/aromatic N) is 1. The topological polar surface area (TPSA) is 49.4 Å². The van der Waals surface area contributed by atoms with Crippen molar-refractivity contribution in [3.05, 3.63) is 28.5 Å². The Morgan fingerprint density at radius 3 is 2.62 bits per heavy atom. The summed E-state index contributed by atoms with van der Waals surface area (Å²) in [5.41, 5.74) is 0. The third-order valence-corrected chi connectivity index (χ3v) is 6.13. The summed E-state index contributed by atoms with van der Waals surface area (Å²) in [7, 11) is -3.62. The molecule has 7 heteroatoms. The molecular formula is C14H20BrFN2O2S. The molecule has 0 bridgehead atoms. The molecule has 0 spiro atoms. The molecule has 1 aromatic carbocycles. The van der Waals surface area contributed by atoms with Crippen molar-refractivity contribution in [1.29, 1.82) is 0 Å². The lowest BCUT2D eigenvalue weighted by Crippen LogP contribution is -2.44. The Balaban J connectivity index is 2.02. The molecule has 1 N–H and O–H groups in total. The van der Waals surface area contributed by atoms with Crippen LogP contribution in [-0.4, -0.2) is 39.0 Å². The molecule has 0 unspecified atom stereocenters. The first-order valence-corrected chi connectivity index (χ1v) is 9.39. The Bertz CT molecular complexity index is 587. The minimum Gasteiger partial charge on any atom is -0.303 e. The molecule has 0 radical (unpaired) electrons. The molecule has 21 heavy (non-hydrogen) atoms. The van der Waals surface area contributed by atoms with Gasteiger partial charge in [0.05, 0.1) is 4.90 Å². The van der Waals surface area contributed by atoms with Crippen LogP contribution in [0.3, 0.4) is 0 Å². The molecule has 0 aromatic heterocycles. The Labute approximate surface area is 133 Å². The fourth-order valence-electron chi connectivity index (χ4n) is 2.57. The standard InChI is InChI=1S/C14H20BrFN2O2S/c1-2-7-18-8-5-12(6-9-18)17-21(19,20)14-4-3-11(16)10-13(14)15/h3-4,10,12,17H,2,5-9H2,1H3. The van der Waals surface area contributed by atoms with E-state index in [-0.39, 0.29) is 15.4 Å². The number of benzene rings is 1. The Morgan fingerprint density at radius 2 is 2.05 bits per heavy atom. The van der Waals surface area contributed by atoms with E-state index >= 15 is 0 Å². The van der Waals surface area contributed by atoms with E-state index in [1.54, 1.807) is 0 Å². The summed E-state index contributed by atoms with van der Waals surface area (Å²) in [4.78, 5) is 2.43. The van der Waals surface area contributed by atoms with Gasteiger partial charge in [-0.1, -0.05) is 6.92 Å². The van der Waals surface area contributed by atoms with Gasteiger partial charge in [-0.2, -0.15) is 0 Å². The van der Waals surface area contributed by atoms with Crippen LogP contribution in [0.15, 0.2) is 27.6 Å². The Kier molecular flexibility index (Phi) is 5.76. The van der Waals surface area contributed by atoms with Crippen LogP contribution in [0, 0.1) is 5.82 Å². The van der Waals surface area contributed by atoms with Gasteiger partial charge in [0.15, 0.2) is 0 Å². The molecule has 0 aliphatic carbocycles. The lowest BCUT2D eigenvalue weighted by atomic mass is 10.1. The largest absolute Gasteiger partial charge is 0.303 e. The summed E-state index contributed by atoms with van der Waals surface area (Å²) < 4.78 is 40.8. The van der Waals surface area contributed by atoms with Gasteiger partial charge in [0.25, 0.3) is 0 Å². The van der Waals surface area contributed by atoms with Crippen molar-refractivity contribution < 1.29 is 12.8 Å². The fraction of sp³-hybridized carbons (Fsp3) is 0.571. The second-order valence-corrected chi connectivity index (χ2v) is 7.85. The first-order chi connectivity index (χ1) is 9.92. The molecule has 0 amide bonds. The predicted octanol–water partition coefficient (Wildman–Crippen LogP) is 2.74. The van der Waals surface area contributed by atoms with Gasteiger partial charge in [0.1, 0.15) is 5.82 Å². The number of likely N-dealkylation sites (tertiary alicyclic amines) is 1. The zero-order chi connectivity index (χ0) is 15.5. The van der Waals surface area contributed by atoms with Gasteiger partial charge in [0, 0.05) is 10.5 Å². The van der Waals surface area contributed by atoms with Crippen molar-refractivity contribution in [2.75, 3.05) is 19.6 Å². The third kappa shape index (κ3) is 4.48. The molecule has 0 atom stereocenters. The predicted molar refractivity (Wildman–Crippen MR) is 84.2 cm³/mol. The fourth-order valence-corrected chi connectivity index (χ4v) is 4.92. The van der Waals surface area contributed by atoms with Gasteiger partial charge in [0.2, 0.25) is 10.0 Å². The maximum absolute atomic E-state index is 13.1. The second-order valence-electron chi connectivity index (χ2n) is 5.31. The highest BCUT2D eigenvalue weighted by Crippen LogP contribution is 2.24. The number of piperidine rings is 1. The molecule has 118 valence electrons. The number of rotatable bonds is 5. The van der Waals surface area contributed by atoms with E-state index in [2.05, 4.69) is 32.5 Å². The average Bonchev–Trinajstić information content (AvgIpc) is 2.40. The van der Waals surface area contributed by atoms with Gasteiger partial charge in [-0.15, -0.1) is 0 Å². The quantitative estimate of drug-likeness (QED) is 0.856. The van der Waals surface area contributed by atoms with Crippen molar-refractivity contribution in [1.82, 2.24) is 9.62 Å². The summed E-state index contributed by atoms with van der Waals surface area (Å²) in [5.74, 6) is -0.464. The molecule has 2 rings (SSSR count). The summed E-state index contributed by atoms with van der Waals surface area (Å²) >= 11 is 3.11. The monoisotopic (exact) mass is 378 g/mol. The van der Waals surface area contributed by atoms with Crippen LogP contribution in [0.5, 0.6) is 0 Å². The highest BCUT2D eigenvalue weighted by molar-refractivity contribution is 9.10. The lowest BCUT2D eigenvalue weighted by molar-refractivity contribution is 0.208. The molecule has 1 saturated heterocycles. The van der Waals surface area contributed by atoms with E-state index in [9.17, 15) is 12.8 Å². The first-order valence-electron chi connectivity index (χ1n) is 7.12. The van der Waals surface area contributed by atoms with Crippen molar-refractivity contribution in [3.8, 4) is 0 Å². The van der Waals surface area contributed by atoms with Gasteiger partial charge < -0.3 is 4.90 Å². The maximum atomic E-state index is 13.1. The first kappa shape index (κ1) is 16.9. The van der Waals surface area contributed by atoms with E-state index in [4.69, 9.17) is 0 Å². The minimum absolute atomic E-state index is 0.0555. The number of halogens is 2. The Hall–Kier alpha value is -0.500. The minimum atomic E-state index is -3.62. The smallest absolute Gasteiger partial charge is 0.241 e. The van der Waals surface area contributed by atoms with Crippen LogP contribution in [0.1, 0.15) is 26.2 Å². The van der Waals surface area contributed by atoms with Gasteiger partial charge in [-0.3, -0.25) is 0 Å². The highest BCUT2D eigenvalue weighted by Gasteiger charge is 2.25. The van der Waals surface area contributed by atoms with Crippen molar-refractivity contribution in [3.63, 3.8) is 0 Å². The molecule has 1 aliphatic heterocycles. The molecule has 4 nitrogen and oxygen atoms in total. The van der Waals surface area contributed by atoms with E-state index in [1.165, 1.54) is 12.1 Å². The summed E-state index contributed by atoms with van der Waals surface area (Å²) in [6.45, 7) is 5.01. The van der Waals surface area contributed by atoms with Crippen molar-refractivity contribution >= 4 is 26.0 Å². The average molecular weight is 379 g/mol. The molecular weight excluding hydrogens is 359 g/mol. The Morgan fingerprint density at radius 1 is 1.38 bits per heavy atom. The molecule has 0 saturated carbocycles. The van der Waals surface area contributed by atoms with Crippen LogP contribution in [0.2, 0.25) is 0 Å². The van der Waals surface area contributed by atoms with E-state index in [0.717, 1.165) is 45.0 Å². The van der Waals surface area contributed by atoms with Crippen LogP contribution < -0.4 is 4.72 Å². The number of nitrogens with one attached hydrogen (secondary N) is 1. The highest BCUT2D eigenvalue weighted by atomic mass is 79.9. The summed E-state index contributed by atoms with van der Waals surface area (Å²) in [6, 6.07) is 3.55. The van der Waals surface area contributed by atoms with E-state index in [1.807, 2.05) is 0 Å². The maximum Gasteiger partial charge on any atom is 0.241 e. The molecule has 1 aromatic rings. The van der Waals surface area contributed by atoms with E-state index < -0.39 is 15.8 Å². The second kappa shape index (κ2) is 7.17. The SMILES string of the molecule is CCCN1CCC(NS(=O)(=O)c2ccc(F)cc2Br)CC1. The molecule has 1 aliphatic rings. The normalized spacial score (nSPS) is 18.0. The van der Waals surface area contributed by atoms with Crippen LogP contribution in [0.25, 0.3) is 0 Å². The number of hydrogen-bond donors (Lipinski definition) is 1. The third-order valence-electron chi connectivity index (χ3n) is 3.63. The van der Waals surface area contributed by atoms with Gasteiger partial charge >= 0.3 is 0 Å². The zero-order valence-electron chi connectivity index (χ0n) is 12.0. The van der Waals surface area contributed by atoms with E-state index in [0.29, 0.717) is 0 Å². The van der Waals surface area contributed by atoms with Crippen LogP contribution >= 0.6 is 15.9 Å². The van der Waals surface area contributed by atoms with Gasteiger partial charge in [-0.05, 0) is 73.0 Å². The summed E-state index contributed by atoms with van der Waals surface area (Å²) in [6.07, 6.45) is 2.72. The number of sulfonamides is 1. The lowest BCUT2D eigenvalue weighted by Gasteiger charge is -2.31. The van der Waals surface area contributed by atoms with Crippen LogP contribution in [0.4, 0.5) is 4.39 Å². The van der Waals surface area contributed by atoms with Crippen molar-refractivity contribution in [2.24, 2.45) is 0 Å². The molecule has 1 fully saturated rings. The molecule has 1 heterocycles.